The van der Waals surface area contributed by atoms with Gasteiger partial charge >= 0.3 is 0 Å². The number of carbonyl (C=O) groups is 2. The van der Waals surface area contributed by atoms with Gasteiger partial charge < -0.3 is 5.32 Å². The van der Waals surface area contributed by atoms with E-state index in [1.54, 1.807) is 19.1 Å². The zero-order valence-corrected chi connectivity index (χ0v) is 8.63. The summed E-state index contributed by atoms with van der Waals surface area (Å²) in [6, 6.07) is 7.27. The van der Waals surface area contributed by atoms with E-state index in [4.69, 9.17) is 0 Å². The predicted octanol–water partition coefficient (Wildman–Crippen LogP) is 1.40. The summed E-state index contributed by atoms with van der Waals surface area (Å²) in [5.74, 6) is -0.490. The molecule has 1 aliphatic rings. The molecule has 0 unspecified atom stereocenters. The molecule has 3 heteroatoms. The van der Waals surface area contributed by atoms with E-state index in [0.717, 1.165) is 11.1 Å². The highest BCUT2D eigenvalue weighted by molar-refractivity contribution is 6.34. The van der Waals surface area contributed by atoms with Crippen LogP contribution in [0, 0.1) is 0 Å². The van der Waals surface area contributed by atoms with Gasteiger partial charge in [-0.25, -0.2) is 0 Å². The second-order valence-electron chi connectivity index (χ2n) is 3.45. The van der Waals surface area contributed by atoms with Crippen molar-refractivity contribution in [3.05, 3.63) is 41.0 Å². The van der Waals surface area contributed by atoms with Crippen LogP contribution in [0.15, 0.2) is 29.8 Å². The minimum absolute atomic E-state index is 0.178. The lowest BCUT2D eigenvalue weighted by molar-refractivity contribution is -0.116. The minimum Gasteiger partial charge on any atom is -0.355 e. The molecule has 1 aromatic carbocycles. The van der Waals surface area contributed by atoms with E-state index >= 15 is 0 Å². The van der Waals surface area contributed by atoms with Gasteiger partial charge in [0.1, 0.15) is 0 Å². The third kappa shape index (κ3) is 1.28. The lowest BCUT2D eigenvalue weighted by Gasteiger charge is -1.99. The number of fused-ring (bicyclic) bond motifs is 1. The molecule has 1 amide bonds. The number of Topliss-reactive ketones (excluding diaryl/α,β-unsaturated/α-hetero) is 1. The fourth-order valence-corrected chi connectivity index (χ4v) is 1.85. The second kappa shape index (κ2) is 3.35. The van der Waals surface area contributed by atoms with Crippen LogP contribution in [0.1, 0.15) is 22.8 Å². The quantitative estimate of drug-likeness (QED) is 0.698. The highest BCUT2D eigenvalue weighted by atomic mass is 16.2. The first-order chi connectivity index (χ1) is 7.16. The molecular weight excluding hydrogens is 190 g/mol. The summed E-state index contributed by atoms with van der Waals surface area (Å²) in [6.45, 7) is 1.80. The van der Waals surface area contributed by atoms with Crippen molar-refractivity contribution in [2.24, 2.45) is 0 Å². The predicted molar refractivity (Wildman–Crippen MR) is 57.4 cm³/mol. The topological polar surface area (TPSA) is 46.2 Å². The van der Waals surface area contributed by atoms with Gasteiger partial charge in [0, 0.05) is 12.6 Å². The molecule has 0 bridgehead atoms. The van der Waals surface area contributed by atoms with Crippen LogP contribution in [0.3, 0.4) is 0 Å². The van der Waals surface area contributed by atoms with E-state index in [1.165, 1.54) is 7.05 Å². The van der Waals surface area contributed by atoms with Crippen molar-refractivity contribution < 1.29 is 9.59 Å². The van der Waals surface area contributed by atoms with E-state index in [0.29, 0.717) is 5.56 Å². The molecular formula is C12H11NO2. The van der Waals surface area contributed by atoms with Crippen molar-refractivity contribution >= 4 is 17.3 Å². The van der Waals surface area contributed by atoms with Crippen LogP contribution in [0.2, 0.25) is 0 Å². The van der Waals surface area contributed by atoms with Gasteiger partial charge in [0.05, 0.1) is 5.57 Å². The van der Waals surface area contributed by atoms with E-state index in [9.17, 15) is 9.59 Å². The summed E-state index contributed by atoms with van der Waals surface area (Å²) < 4.78 is 0. The minimum atomic E-state index is -0.311. The molecule has 0 aliphatic heterocycles. The maximum Gasteiger partial charge on any atom is 0.255 e. The van der Waals surface area contributed by atoms with E-state index in [1.807, 2.05) is 12.1 Å². The first kappa shape index (κ1) is 9.65. The number of hydrogen-bond acceptors (Lipinski definition) is 2. The number of nitrogens with one attached hydrogen (secondary N) is 1. The normalized spacial score (nSPS) is 14.1. The van der Waals surface area contributed by atoms with Crippen LogP contribution >= 0.6 is 0 Å². The SMILES string of the molecule is CNC(=O)C1=C(C)c2ccccc2C1=O. The Morgan fingerprint density at radius 1 is 1.20 bits per heavy atom. The zero-order chi connectivity index (χ0) is 11.0. The van der Waals surface area contributed by atoms with Crippen molar-refractivity contribution in [3.8, 4) is 0 Å². The Labute approximate surface area is 87.8 Å². The van der Waals surface area contributed by atoms with Crippen LogP contribution < -0.4 is 5.32 Å². The van der Waals surface area contributed by atoms with Crippen LogP contribution in [0.4, 0.5) is 0 Å². The number of hydrogen-bond donors (Lipinski definition) is 1. The molecule has 0 fully saturated rings. The number of benzene rings is 1. The van der Waals surface area contributed by atoms with Crippen molar-refractivity contribution in [1.29, 1.82) is 0 Å². The molecule has 3 nitrogen and oxygen atoms in total. The molecule has 0 radical (unpaired) electrons. The second-order valence-corrected chi connectivity index (χ2v) is 3.45. The van der Waals surface area contributed by atoms with Gasteiger partial charge in [-0.15, -0.1) is 0 Å². The smallest absolute Gasteiger partial charge is 0.255 e. The van der Waals surface area contributed by atoms with Crippen LogP contribution in [-0.2, 0) is 4.79 Å². The van der Waals surface area contributed by atoms with Crippen molar-refractivity contribution in [2.45, 2.75) is 6.92 Å². The third-order valence-electron chi connectivity index (χ3n) is 2.63. The number of allylic oxidation sites excluding steroid dienone is 1. The first-order valence-corrected chi connectivity index (χ1v) is 4.74. The Morgan fingerprint density at radius 3 is 2.33 bits per heavy atom. The van der Waals surface area contributed by atoms with E-state index in [-0.39, 0.29) is 17.3 Å². The summed E-state index contributed by atoms with van der Waals surface area (Å²) in [4.78, 5) is 23.4. The maximum atomic E-state index is 11.9. The maximum absolute atomic E-state index is 11.9. The lowest BCUT2D eigenvalue weighted by atomic mass is 10.1. The highest BCUT2D eigenvalue weighted by Crippen LogP contribution is 2.31. The molecule has 15 heavy (non-hydrogen) atoms. The van der Waals surface area contributed by atoms with Crippen molar-refractivity contribution in [2.75, 3.05) is 7.05 Å². The van der Waals surface area contributed by atoms with Gasteiger partial charge in [0.15, 0.2) is 5.78 Å². The number of amides is 1. The molecule has 0 saturated carbocycles. The molecule has 0 heterocycles. The average Bonchev–Trinajstić information content (AvgIpc) is 2.52. The summed E-state index contributed by atoms with van der Waals surface area (Å²) in [6.07, 6.45) is 0. The molecule has 76 valence electrons. The first-order valence-electron chi connectivity index (χ1n) is 4.74. The average molecular weight is 201 g/mol. The van der Waals surface area contributed by atoms with Gasteiger partial charge in [0.25, 0.3) is 5.91 Å². The molecule has 0 spiro atoms. The Bertz CT molecular complexity index is 486. The number of rotatable bonds is 1. The summed E-state index contributed by atoms with van der Waals surface area (Å²) >= 11 is 0. The summed E-state index contributed by atoms with van der Waals surface area (Å²) in [7, 11) is 1.53. The fraction of sp³-hybridized carbons (Fsp3) is 0.167. The van der Waals surface area contributed by atoms with Crippen molar-refractivity contribution in [1.82, 2.24) is 5.32 Å². The van der Waals surface area contributed by atoms with Gasteiger partial charge in [-0.1, -0.05) is 24.3 Å². The monoisotopic (exact) mass is 201 g/mol. The number of ketones is 1. The molecule has 0 atom stereocenters. The lowest BCUT2D eigenvalue weighted by Crippen LogP contribution is -2.23. The molecule has 2 rings (SSSR count). The van der Waals surface area contributed by atoms with Gasteiger partial charge in [-0.05, 0) is 18.1 Å². The van der Waals surface area contributed by atoms with Crippen LogP contribution in [-0.4, -0.2) is 18.7 Å². The van der Waals surface area contributed by atoms with E-state index < -0.39 is 0 Å². The molecule has 0 saturated heterocycles. The Hall–Kier alpha value is -1.90. The Kier molecular flexibility index (Phi) is 2.15. The van der Waals surface area contributed by atoms with Gasteiger partial charge in [-0.2, -0.15) is 0 Å². The molecule has 1 N–H and O–H groups in total. The summed E-state index contributed by atoms with van der Waals surface area (Å²) in [5.41, 5.74) is 2.50. The standard InChI is InChI=1S/C12H11NO2/c1-7-8-5-3-4-6-9(8)11(14)10(7)12(15)13-2/h3-6H,1-2H3,(H,13,15). The Morgan fingerprint density at radius 2 is 1.80 bits per heavy atom. The zero-order valence-electron chi connectivity index (χ0n) is 8.63. The van der Waals surface area contributed by atoms with E-state index in [2.05, 4.69) is 5.32 Å². The van der Waals surface area contributed by atoms with Crippen LogP contribution in [0.5, 0.6) is 0 Å². The molecule has 1 aromatic rings. The molecule has 1 aliphatic carbocycles. The third-order valence-corrected chi connectivity index (χ3v) is 2.63. The Balaban J connectivity index is 2.60. The number of likely N-dealkylation sites (N-methyl/N-ethyl adjacent to an activating group) is 1. The van der Waals surface area contributed by atoms with Crippen LogP contribution in [0.25, 0.3) is 5.57 Å². The molecule has 0 aromatic heterocycles. The van der Waals surface area contributed by atoms with Gasteiger partial charge in [-0.3, -0.25) is 9.59 Å². The van der Waals surface area contributed by atoms with Gasteiger partial charge in [0.2, 0.25) is 0 Å². The summed E-state index contributed by atoms with van der Waals surface area (Å²) in [5, 5.41) is 2.48. The number of carbonyl (C=O) groups excluding carboxylic acids is 2. The van der Waals surface area contributed by atoms with Crippen molar-refractivity contribution in [3.63, 3.8) is 0 Å². The highest BCUT2D eigenvalue weighted by Gasteiger charge is 2.30. The largest absolute Gasteiger partial charge is 0.355 e. The fourth-order valence-electron chi connectivity index (χ4n) is 1.85.